The topological polar surface area (TPSA) is 126 Å². The lowest BCUT2D eigenvalue weighted by atomic mass is 9.75. The molecule has 2 rings (SSSR count). The van der Waals surface area contributed by atoms with Crippen LogP contribution in [0.1, 0.15) is 80.4 Å². The highest BCUT2D eigenvalue weighted by atomic mass is 16.6. The largest absolute Gasteiger partial charge is 0.489 e. The van der Waals surface area contributed by atoms with E-state index in [0.29, 0.717) is 0 Å². The van der Waals surface area contributed by atoms with Crippen molar-refractivity contribution in [1.82, 2.24) is 0 Å². The Balaban J connectivity index is 3.53. The monoisotopic (exact) mass is 688 g/mol. The van der Waals surface area contributed by atoms with Crippen molar-refractivity contribution in [2.24, 2.45) is 0 Å². The second kappa shape index (κ2) is 19.3. The van der Waals surface area contributed by atoms with Gasteiger partial charge in [-0.2, -0.15) is 0 Å². The summed E-state index contributed by atoms with van der Waals surface area (Å²) in [5.41, 5.74) is -0.787. The highest BCUT2D eigenvalue weighted by Gasteiger charge is 2.45. The molecule has 0 fully saturated rings. The molecule has 0 spiro atoms. The van der Waals surface area contributed by atoms with Crippen molar-refractivity contribution >= 4 is 11.9 Å². The van der Waals surface area contributed by atoms with Crippen molar-refractivity contribution in [3.05, 3.63) is 36.4 Å². The second-order valence-electron chi connectivity index (χ2n) is 10.4. The van der Waals surface area contributed by atoms with E-state index in [1.807, 2.05) is 27.7 Å². The Kier molecular flexibility index (Phi) is 15.9. The molecule has 0 aromatic heterocycles. The minimum absolute atomic E-state index is 0.0275. The SMILES string of the molecule is C=CC(=O)Oc1c(OCC)c(OCC)c(OCC)c(OCC)c1C(C)(C)c1c(OCC)c(OCC)c(OCC)c(OCC)c1OC(=O)C=C. The average molecular weight is 689 g/mol. The van der Waals surface area contributed by atoms with Gasteiger partial charge < -0.3 is 47.4 Å². The zero-order chi connectivity index (χ0) is 36.7. The molecule has 272 valence electrons. The van der Waals surface area contributed by atoms with Crippen LogP contribution in [0.3, 0.4) is 0 Å². The minimum Gasteiger partial charge on any atom is -0.489 e. The van der Waals surface area contributed by atoms with E-state index in [-0.39, 0.29) is 121 Å². The van der Waals surface area contributed by atoms with Crippen molar-refractivity contribution in [1.29, 1.82) is 0 Å². The van der Waals surface area contributed by atoms with Crippen molar-refractivity contribution in [2.45, 2.75) is 74.7 Å². The molecule has 12 heteroatoms. The molecule has 0 saturated carbocycles. The Morgan fingerprint density at radius 2 is 0.633 bits per heavy atom. The van der Waals surface area contributed by atoms with Crippen LogP contribution in [0.5, 0.6) is 57.5 Å². The molecule has 0 saturated heterocycles. The number of carbonyl (C=O) groups excluding carboxylic acids is 2. The Morgan fingerprint density at radius 3 is 0.857 bits per heavy atom. The maximum Gasteiger partial charge on any atom is 0.335 e. The van der Waals surface area contributed by atoms with Gasteiger partial charge in [0, 0.05) is 17.6 Å². The van der Waals surface area contributed by atoms with Gasteiger partial charge in [-0.05, 0) is 55.4 Å². The molecule has 0 aliphatic rings. The van der Waals surface area contributed by atoms with Crippen LogP contribution in [0.2, 0.25) is 0 Å². The number of hydrogen-bond donors (Lipinski definition) is 0. The highest BCUT2D eigenvalue weighted by Crippen LogP contribution is 2.63. The number of hydrogen-bond acceptors (Lipinski definition) is 12. The smallest absolute Gasteiger partial charge is 0.335 e. The molecule has 49 heavy (non-hydrogen) atoms. The Bertz CT molecular complexity index is 1350. The number of esters is 2. The van der Waals surface area contributed by atoms with E-state index in [2.05, 4.69) is 13.2 Å². The number of carbonyl (C=O) groups is 2. The molecule has 2 aromatic carbocycles. The van der Waals surface area contributed by atoms with Gasteiger partial charge in [-0.1, -0.05) is 27.0 Å². The van der Waals surface area contributed by atoms with Crippen LogP contribution in [0, 0.1) is 0 Å². The van der Waals surface area contributed by atoms with Crippen LogP contribution in [0.15, 0.2) is 25.3 Å². The highest BCUT2D eigenvalue weighted by molar-refractivity contribution is 5.88. The van der Waals surface area contributed by atoms with Gasteiger partial charge in [0.1, 0.15) is 0 Å². The third-order valence-electron chi connectivity index (χ3n) is 6.86. The zero-order valence-electron chi connectivity index (χ0n) is 30.6. The summed E-state index contributed by atoms with van der Waals surface area (Å²) in [5, 5.41) is 0. The van der Waals surface area contributed by atoms with Crippen LogP contribution in [0.25, 0.3) is 0 Å². The van der Waals surface area contributed by atoms with Crippen molar-refractivity contribution in [2.75, 3.05) is 52.9 Å². The number of benzene rings is 2. The second-order valence-corrected chi connectivity index (χ2v) is 10.4. The average Bonchev–Trinajstić information content (AvgIpc) is 3.07. The van der Waals surface area contributed by atoms with Gasteiger partial charge in [0.2, 0.25) is 34.5 Å². The minimum atomic E-state index is -1.35. The molecular weight excluding hydrogens is 636 g/mol. The first-order valence-corrected chi connectivity index (χ1v) is 16.7. The molecule has 0 unspecified atom stereocenters. The number of ether oxygens (including phenoxy) is 10. The van der Waals surface area contributed by atoms with E-state index in [0.717, 1.165) is 12.2 Å². The first-order valence-electron chi connectivity index (χ1n) is 16.7. The van der Waals surface area contributed by atoms with Gasteiger partial charge in [0.05, 0.1) is 64.0 Å². The standard InChI is InChI=1S/C37H52O12/c1-13-23(38)48-29-25(27(40-15-3)31(42-17-5)35(46-21-9)33(29)44-19-7)37(11,12)26-28(41-16-4)32(43-18-6)36(47-22-10)34(45-20-8)30(26)49-24(39)14-2/h13-14H,1-2,15-22H2,3-12H3. The summed E-state index contributed by atoms with van der Waals surface area (Å²) < 4.78 is 61.5. The molecule has 0 aliphatic heterocycles. The maximum atomic E-state index is 13.0. The van der Waals surface area contributed by atoms with E-state index in [1.54, 1.807) is 41.5 Å². The van der Waals surface area contributed by atoms with Crippen LogP contribution in [0.4, 0.5) is 0 Å². The summed E-state index contributed by atoms with van der Waals surface area (Å²) in [6, 6.07) is 0. The Hall–Kier alpha value is -4.74. The summed E-state index contributed by atoms with van der Waals surface area (Å²) in [6.07, 6.45) is 2.06. The molecule has 2 aromatic rings. The predicted octanol–water partition coefficient (Wildman–Crippen LogP) is 7.38. The summed E-state index contributed by atoms with van der Waals surface area (Å²) in [6.45, 7) is 26.9. The van der Waals surface area contributed by atoms with Gasteiger partial charge in [0.25, 0.3) is 0 Å². The van der Waals surface area contributed by atoms with Crippen molar-refractivity contribution in [3.8, 4) is 57.5 Å². The van der Waals surface area contributed by atoms with Crippen molar-refractivity contribution < 1.29 is 57.0 Å². The normalized spacial score (nSPS) is 10.8. The van der Waals surface area contributed by atoms with Crippen LogP contribution in [-0.4, -0.2) is 64.8 Å². The maximum absolute atomic E-state index is 13.0. The lowest BCUT2D eigenvalue weighted by Gasteiger charge is -2.35. The molecule has 0 N–H and O–H groups in total. The Morgan fingerprint density at radius 1 is 0.429 bits per heavy atom. The zero-order valence-corrected chi connectivity index (χ0v) is 30.6. The van der Waals surface area contributed by atoms with Gasteiger partial charge in [-0.3, -0.25) is 0 Å². The molecule has 0 amide bonds. The van der Waals surface area contributed by atoms with E-state index in [4.69, 9.17) is 47.4 Å². The first kappa shape index (κ1) is 40.4. The van der Waals surface area contributed by atoms with Gasteiger partial charge in [-0.15, -0.1) is 0 Å². The fraction of sp³-hybridized carbons (Fsp3) is 0.514. The molecular formula is C37H52O12. The summed E-state index contributed by atoms with van der Waals surface area (Å²) in [7, 11) is 0. The van der Waals surface area contributed by atoms with E-state index in [9.17, 15) is 9.59 Å². The third-order valence-corrected chi connectivity index (χ3v) is 6.86. The van der Waals surface area contributed by atoms with E-state index in [1.165, 1.54) is 0 Å². The summed E-state index contributed by atoms with van der Waals surface area (Å²) in [4.78, 5) is 26.1. The van der Waals surface area contributed by atoms with Crippen LogP contribution in [-0.2, 0) is 15.0 Å². The number of rotatable bonds is 22. The molecule has 0 radical (unpaired) electrons. The van der Waals surface area contributed by atoms with Crippen LogP contribution < -0.4 is 47.4 Å². The molecule has 0 bridgehead atoms. The van der Waals surface area contributed by atoms with Crippen molar-refractivity contribution in [3.63, 3.8) is 0 Å². The molecule has 0 aliphatic carbocycles. The quantitative estimate of drug-likeness (QED) is 0.0696. The predicted molar refractivity (Wildman–Crippen MR) is 186 cm³/mol. The summed E-state index contributed by atoms with van der Waals surface area (Å²) >= 11 is 0. The summed E-state index contributed by atoms with van der Waals surface area (Å²) in [5.74, 6) is -0.208. The van der Waals surface area contributed by atoms with Gasteiger partial charge in [0.15, 0.2) is 23.0 Å². The van der Waals surface area contributed by atoms with Gasteiger partial charge >= 0.3 is 11.9 Å². The molecule has 12 nitrogen and oxygen atoms in total. The fourth-order valence-corrected chi connectivity index (χ4v) is 5.24. The lowest BCUT2D eigenvalue weighted by molar-refractivity contribution is -0.130. The fourth-order valence-electron chi connectivity index (χ4n) is 5.24. The van der Waals surface area contributed by atoms with Crippen LogP contribution >= 0.6 is 0 Å². The Labute approximate surface area is 290 Å². The van der Waals surface area contributed by atoms with E-state index < -0.39 is 17.4 Å². The van der Waals surface area contributed by atoms with Gasteiger partial charge in [-0.25, -0.2) is 9.59 Å². The lowest BCUT2D eigenvalue weighted by Crippen LogP contribution is -2.27. The van der Waals surface area contributed by atoms with E-state index >= 15 is 0 Å². The molecule has 0 atom stereocenters. The molecule has 0 heterocycles. The third kappa shape index (κ3) is 8.84. The first-order chi connectivity index (χ1) is 23.5.